The van der Waals surface area contributed by atoms with Crippen LogP contribution in [0.15, 0.2) is 54.7 Å². The lowest BCUT2D eigenvalue weighted by molar-refractivity contribution is 0.262. The Morgan fingerprint density at radius 3 is 2.54 bits per heavy atom. The third-order valence-corrected chi connectivity index (χ3v) is 4.40. The van der Waals surface area contributed by atoms with Gasteiger partial charge in [0.15, 0.2) is 5.65 Å². The molecule has 4 aromatic rings. The first kappa shape index (κ1) is 17.7. The number of nitrogens with one attached hydrogen (secondary N) is 3. The summed E-state index contributed by atoms with van der Waals surface area (Å²) in [5.41, 5.74) is 9.23. The number of benzene rings is 2. The first-order valence-corrected chi connectivity index (χ1v) is 8.61. The van der Waals surface area contributed by atoms with Gasteiger partial charge in [-0.3, -0.25) is 5.10 Å². The molecule has 2 aromatic carbocycles. The van der Waals surface area contributed by atoms with Crippen molar-refractivity contribution in [3.05, 3.63) is 65.6 Å². The maximum Gasteiger partial charge on any atom is 0.323 e. The maximum atomic E-state index is 13.2. The van der Waals surface area contributed by atoms with Gasteiger partial charge in [-0.15, -0.1) is 0 Å². The van der Waals surface area contributed by atoms with Crippen LogP contribution in [0.2, 0.25) is 5.02 Å². The molecule has 2 amide bonds. The molecule has 0 unspecified atom stereocenters. The van der Waals surface area contributed by atoms with Gasteiger partial charge < -0.3 is 16.4 Å². The monoisotopic (exact) mass is 396 g/mol. The first-order chi connectivity index (χ1) is 13.5. The largest absolute Gasteiger partial charge is 0.383 e. The number of nitrogens with zero attached hydrogens (tertiary/aromatic N) is 2. The van der Waals surface area contributed by atoms with Crippen molar-refractivity contribution >= 4 is 45.9 Å². The molecule has 0 atom stereocenters. The SMILES string of the molecule is Nc1[nH]nc2nccc(-c3ccc(NC(=O)Nc4ccc(F)c(Cl)c4)cc3)c12. The summed E-state index contributed by atoms with van der Waals surface area (Å²) in [6, 6.07) is 12.5. The molecule has 0 saturated carbocycles. The summed E-state index contributed by atoms with van der Waals surface area (Å²) in [5.74, 6) is -0.107. The number of pyridine rings is 1. The summed E-state index contributed by atoms with van der Waals surface area (Å²) in [5, 5.41) is 12.8. The Morgan fingerprint density at radius 1 is 1.07 bits per heavy atom. The molecule has 7 nitrogen and oxygen atoms in total. The van der Waals surface area contributed by atoms with Crippen molar-refractivity contribution in [1.82, 2.24) is 15.2 Å². The lowest BCUT2D eigenvalue weighted by Gasteiger charge is -2.09. The fourth-order valence-electron chi connectivity index (χ4n) is 2.81. The molecule has 0 fully saturated rings. The highest BCUT2D eigenvalue weighted by molar-refractivity contribution is 6.31. The molecular weight excluding hydrogens is 383 g/mol. The van der Waals surface area contributed by atoms with Crippen LogP contribution in [0.4, 0.5) is 26.4 Å². The van der Waals surface area contributed by atoms with E-state index in [1.165, 1.54) is 18.2 Å². The molecule has 0 saturated heterocycles. The van der Waals surface area contributed by atoms with Crippen LogP contribution in [0.3, 0.4) is 0 Å². The summed E-state index contributed by atoms with van der Waals surface area (Å²) < 4.78 is 13.2. The lowest BCUT2D eigenvalue weighted by Crippen LogP contribution is -2.19. The van der Waals surface area contributed by atoms with E-state index in [9.17, 15) is 9.18 Å². The average Bonchev–Trinajstić information content (AvgIpc) is 3.07. The Kier molecular flexibility index (Phi) is 4.54. The first-order valence-electron chi connectivity index (χ1n) is 8.23. The number of hydrogen-bond acceptors (Lipinski definition) is 4. The Labute approximate surface area is 163 Å². The third kappa shape index (κ3) is 3.45. The van der Waals surface area contributed by atoms with Crippen LogP contribution >= 0.6 is 11.6 Å². The van der Waals surface area contributed by atoms with Crippen molar-refractivity contribution in [2.75, 3.05) is 16.4 Å². The standard InChI is InChI=1S/C19H14ClFN6O/c20-14-9-12(5-6-15(14)21)25-19(28)24-11-3-1-10(2-4-11)13-7-8-23-18-16(13)17(22)26-27-18/h1-9H,(H2,24,25,28)(H3,22,23,26,27). The summed E-state index contributed by atoms with van der Waals surface area (Å²) in [7, 11) is 0. The molecule has 140 valence electrons. The highest BCUT2D eigenvalue weighted by Gasteiger charge is 2.11. The van der Waals surface area contributed by atoms with E-state index in [2.05, 4.69) is 25.8 Å². The smallest absolute Gasteiger partial charge is 0.323 e. The molecule has 9 heteroatoms. The summed E-state index contributed by atoms with van der Waals surface area (Å²) >= 11 is 5.71. The summed E-state index contributed by atoms with van der Waals surface area (Å²) in [6.07, 6.45) is 1.66. The number of fused-ring (bicyclic) bond motifs is 1. The van der Waals surface area contributed by atoms with E-state index in [4.69, 9.17) is 17.3 Å². The normalized spacial score (nSPS) is 10.8. The van der Waals surface area contributed by atoms with Crippen molar-refractivity contribution in [2.24, 2.45) is 0 Å². The van der Waals surface area contributed by atoms with Gasteiger partial charge in [0.1, 0.15) is 11.6 Å². The fourth-order valence-corrected chi connectivity index (χ4v) is 2.99. The second-order valence-corrected chi connectivity index (χ2v) is 6.39. The van der Waals surface area contributed by atoms with Gasteiger partial charge in [0, 0.05) is 17.6 Å². The Hall–Kier alpha value is -3.65. The number of halogens is 2. The number of nitrogen functional groups attached to an aromatic ring is 1. The lowest BCUT2D eigenvalue weighted by atomic mass is 10.0. The molecule has 2 aromatic heterocycles. The predicted octanol–water partition coefficient (Wildman–Crippen LogP) is 4.64. The number of nitrogens with two attached hydrogens (primary N) is 1. The number of hydrogen-bond donors (Lipinski definition) is 4. The molecule has 0 spiro atoms. The highest BCUT2D eigenvalue weighted by atomic mass is 35.5. The second kappa shape index (κ2) is 7.16. The zero-order valence-electron chi connectivity index (χ0n) is 14.3. The number of urea groups is 1. The number of carbonyl (C=O) groups excluding carboxylic acids is 1. The van der Waals surface area contributed by atoms with Crippen molar-refractivity contribution < 1.29 is 9.18 Å². The number of aromatic nitrogens is 3. The van der Waals surface area contributed by atoms with Gasteiger partial charge >= 0.3 is 6.03 Å². The predicted molar refractivity (Wildman–Crippen MR) is 108 cm³/mol. The van der Waals surface area contributed by atoms with E-state index in [1.807, 2.05) is 18.2 Å². The van der Waals surface area contributed by atoms with Crippen molar-refractivity contribution in [3.8, 4) is 11.1 Å². The van der Waals surface area contributed by atoms with Gasteiger partial charge in [-0.25, -0.2) is 14.2 Å². The molecule has 0 aliphatic carbocycles. The van der Waals surface area contributed by atoms with Gasteiger partial charge in [-0.2, -0.15) is 5.10 Å². The number of amides is 2. The van der Waals surface area contributed by atoms with E-state index >= 15 is 0 Å². The Bertz CT molecular complexity index is 1170. The van der Waals surface area contributed by atoms with Crippen molar-refractivity contribution in [2.45, 2.75) is 0 Å². The van der Waals surface area contributed by atoms with Crippen molar-refractivity contribution in [1.29, 1.82) is 0 Å². The molecule has 0 aliphatic rings. The fraction of sp³-hybridized carbons (Fsp3) is 0. The minimum Gasteiger partial charge on any atom is -0.383 e. The average molecular weight is 397 g/mol. The molecule has 5 N–H and O–H groups in total. The van der Waals surface area contributed by atoms with Crippen molar-refractivity contribution in [3.63, 3.8) is 0 Å². The van der Waals surface area contributed by atoms with E-state index in [1.54, 1.807) is 18.3 Å². The number of aromatic amines is 1. The van der Waals surface area contributed by atoms with Crippen LogP contribution in [-0.4, -0.2) is 21.2 Å². The summed E-state index contributed by atoms with van der Waals surface area (Å²) in [6.45, 7) is 0. The summed E-state index contributed by atoms with van der Waals surface area (Å²) in [4.78, 5) is 16.3. The van der Waals surface area contributed by atoms with Crippen LogP contribution < -0.4 is 16.4 Å². The van der Waals surface area contributed by atoms with Gasteiger partial charge in [-0.1, -0.05) is 23.7 Å². The van der Waals surface area contributed by atoms with E-state index in [0.29, 0.717) is 22.8 Å². The Balaban J connectivity index is 1.51. The number of H-pyrrole nitrogens is 1. The highest BCUT2D eigenvalue weighted by Crippen LogP contribution is 2.30. The Morgan fingerprint density at radius 2 is 1.79 bits per heavy atom. The van der Waals surface area contributed by atoms with Gasteiger partial charge in [0.25, 0.3) is 0 Å². The molecule has 2 heterocycles. The van der Waals surface area contributed by atoms with E-state index in [0.717, 1.165) is 16.5 Å². The number of anilines is 3. The van der Waals surface area contributed by atoms with Crippen LogP contribution in [0.25, 0.3) is 22.2 Å². The third-order valence-electron chi connectivity index (χ3n) is 4.11. The molecule has 0 aliphatic heterocycles. The molecular formula is C19H14ClFN6O. The molecule has 0 radical (unpaired) electrons. The zero-order chi connectivity index (χ0) is 19.7. The van der Waals surface area contributed by atoms with Crippen LogP contribution in [0.5, 0.6) is 0 Å². The van der Waals surface area contributed by atoms with Crippen LogP contribution in [0, 0.1) is 5.82 Å². The second-order valence-electron chi connectivity index (χ2n) is 5.98. The van der Waals surface area contributed by atoms with Crippen LogP contribution in [0.1, 0.15) is 0 Å². The van der Waals surface area contributed by atoms with Gasteiger partial charge in [0.2, 0.25) is 0 Å². The maximum absolute atomic E-state index is 13.2. The minimum absolute atomic E-state index is 0.0654. The minimum atomic E-state index is -0.549. The topological polar surface area (TPSA) is 109 Å². The quantitative estimate of drug-likeness (QED) is 0.404. The van der Waals surface area contributed by atoms with E-state index in [-0.39, 0.29) is 5.02 Å². The van der Waals surface area contributed by atoms with Gasteiger partial charge in [0.05, 0.1) is 10.4 Å². The van der Waals surface area contributed by atoms with Crippen LogP contribution in [-0.2, 0) is 0 Å². The number of carbonyl (C=O) groups is 1. The zero-order valence-corrected chi connectivity index (χ0v) is 15.1. The molecule has 0 bridgehead atoms. The molecule has 4 rings (SSSR count). The molecule has 28 heavy (non-hydrogen) atoms. The number of rotatable bonds is 3. The van der Waals surface area contributed by atoms with Gasteiger partial charge in [-0.05, 0) is 47.5 Å². The van der Waals surface area contributed by atoms with E-state index < -0.39 is 11.8 Å².